The van der Waals surface area contributed by atoms with Gasteiger partial charge in [0.25, 0.3) is 5.91 Å². The van der Waals surface area contributed by atoms with Gasteiger partial charge in [-0.3, -0.25) is 19.5 Å². The molecule has 184 valence electrons. The Morgan fingerprint density at radius 3 is 2.53 bits per heavy atom. The van der Waals surface area contributed by atoms with E-state index in [0.29, 0.717) is 48.6 Å². The van der Waals surface area contributed by atoms with E-state index < -0.39 is 36.6 Å². The molecule has 1 aromatic carbocycles. The van der Waals surface area contributed by atoms with E-state index in [1.165, 1.54) is 23.2 Å². The summed E-state index contributed by atoms with van der Waals surface area (Å²) in [5, 5.41) is 2.74. The number of aromatic nitrogens is 1. The molecule has 1 aliphatic rings. The van der Waals surface area contributed by atoms with Crippen LogP contribution in [0.15, 0.2) is 30.5 Å². The molecule has 1 atom stereocenters. The Morgan fingerprint density at radius 2 is 1.91 bits per heavy atom. The van der Waals surface area contributed by atoms with E-state index in [-0.39, 0.29) is 6.04 Å². The number of benzene rings is 1. The number of carbonyl (C=O) groups is 2. The van der Waals surface area contributed by atoms with Crippen molar-refractivity contribution >= 4 is 17.5 Å². The summed E-state index contributed by atoms with van der Waals surface area (Å²) in [4.78, 5) is 32.4. The maximum atomic E-state index is 14.4. The second-order valence-corrected chi connectivity index (χ2v) is 8.67. The van der Waals surface area contributed by atoms with Crippen LogP contribution in [-0.2, 0) is 11.3 Å². The van der Waals surface area contributed by atoms with Crippen LogP contribution in [0.2, 0.25) is 0 Å². The number of hydrogen-bond donors (Lipinski definition) is 1. The molecule has 0 aliphatic carbocycles. The van der Waals surface area contributed by atoms with Crippen molar-refractivity contribution in [1.29, 1.82) is 0 Å². The first kappa shape index (κ1) is 25.6. The molecule has 2 aromatic rings. The van der Waals surface area contributed by atoms with Gasteiger partial charge in [0, 0.05) is 56.2 Å². The number of halogens is 4. The van der Waals surface area contributed by atoms with Gasteiger partial charge in [-0.1, -0.05) is 0 Å². The summed E-state index contributed by atoms with van der Waals surface area (Å²) in [6, 6.07) is 5.76. The van der Waals surface area contributed by atoms with E-state index >= 15 is 0 Å². The van der Waals surface area contributed by atoms with Crippen molar-refractivity contribution in [2.24, 2.45) is 0 Å². The fourth-order valence-electron chi connectivity index (χ4n) is 4.01. The SMILES string of the molecule is Cc1ccc(C(=O)Nc2cc(F)cc(CN3CCN(C(=O)CCC(F)(F)F)C(C)C3)c2C)cn1. The monoisotopic (exact) mass is 480 g/mol. The first-order valence-corrected chi connectivity index (χ1v) is 11.0. The highest BCUT2D eigenvalue weighted by atomic mass is 19.4. The van der Waals surface area contributed by atoms with Gasteiger partial charge in [0.15, 0.2) is 0 Å². The smallest absolute Gasteiger partial charge is 0.337 e. The van der Waals surface area contributed by atoms with Gasteiger partial charge in [-0.05, 0) is 56.2 Å². The molecule has 1 unspecified atom stereocenters. The van der Waals surface area contributed by atoms with Gasteiger partial charge in [0.1, 0.15) is 5.82 Å². The maximum Gasteiger partial charge on any atom is 0.389 e. The van der Waals surface area contributed by atoms with Crippen LogP contribution in [0.25, 0.3) is 0 Å². The molecule has 34 heavy (non-hydrogen) atoms. The quantitative estimate of drug-likeness (QED) is 0.620. The fourth-order valence-corrected chi connectivity index (χ4v) is 4.01. The molecule has 1 fully saturated rings. The van der Waals surface area contributed by atoms with E-state index in [2.05, 4.69) is 10.3 Å². The van der Waals surface area contributed by atoms with Gasteiger partial charge < -0.3 is 10.2 Å². The van der Waals surface area contributed by atoms with Crippen LogP contribution in [0, 0.1) is 19.7 Å². The third-order valence-corrected chi connectivity index (χ3v) is 5.95. The second-order valence-electron chi connectivity index (χ2n) is 8.67. The van der Waals surface area contributed by atoms with Gasteiger partial charge >= 0.3 is 6.18 Å². The number of nitrogens with one attached hydrogen (secondary N) is 1. The average molecular weight is 481 g/mol. The van der Waals surface area contributed by atoms with Crippen LogP contribution >= 0.6 is 0 Å². The van der Waals surface area contributed by atoms with Crippen LogP contribution in [-0.4, -0.2) is 58.5 Å². The maximum absolute atomic E-state index is 14.4. The minimum absolute atomic E-state index is 0.267. The molecule has 6 nitrogen and oxygen atoms in total. The van der Waals surface area contributed by atoms with Crippen LogP contribution < -0.4 is 5.32 Å². The van der Waals surface area contributed by atoms with Gasteiger partial charge in [-0.25, -0.2) is 4.39 Å². The van der Waals surface area contributed by atoms with E-state index in [4.69, 9.17) is 0 Å². The third-order valence-electron chi connectivity index (χ3n) is 5.95. The molecule has 1 aliphatic heterocycles. The minimum atomic E-state index is -4.36. The summed E-state index contributed by atoms with van der Waals surface area (Å²) >= 11 is 0. The van der Waals surface area contributed by atoms with Crippen LogP contribution in [0.1, 0.15) is 46.9 Å². The molecule has 2 amide bonds. The summed E-state index contributed by atoms with van der Waals surface area (Å²) < 4.78 is 51.7. The molecule has 0 radical (unpaired) electrons. The van der Waals surface area contributed by atoms with Crippen molar-refractivity contribution in [3.05, 3.63) is 58.7 Å². The van der Waals surface area contributed by atoms with E-state index in [9.17, 15) is 27.2 Å². The molecule has 1 aromatic heterocycles. The zero-order valence-corrected chi connectivity index (χ0v) is 19.4. The summed E-state index contributed by atoms with van der Waals surface area (Å²) in [6.07, 6.45) is -4.60. The van der Waals surface area contributed by atoms with Crippen molar-refractivity contribution in [3.63, 3.8) is 0 Å². The van der Waals surface area contributed by atoms with Gasteiger partial charge in [-0.2, -0.15) is 13.2 Å². The van der Waals surface area contributed by atoms with Crippen molar-refractivity contribution in [1.82, 2.24) is 14.8 Å². The zero-order valence-electron chi connectivity index (χ0n) is 19.4. The molecule has 0 bridgehead atoms. The molecule has 3 rings (SSSR count). The number of hydrogen-bond acceptors (Lipinski definition) is 4. The Kier molecular flexibility index (Phi) is 7.91. The molecule has 10 heteroatoms. The lowest BCUT2D eigenvalue weighted by molar-refractivity contribution is -0.151. The highest BCUT2D eigenvalue weighted by Crippen LogP contribution is 2.26. The predicted molar refractivity (Wildman–Crippen MR) is 120 cm³/mol. The second kappa shape index (κ2) is 10.5. The topological polar surface area (TPSA) is 65.5 Å². The zero-order chi connectivity index (χ0) is 25.0. The number of aryl methyl sites for hydroxylation is 1. The van der Waals surface area contributed by atoms with E-state index in [1.54, 1.807) is 26.0 Å². The Labute approximate surface area is 196 Å². The van der Waals surface area contributed by atoms with Gasteiger partial charge in [0.2, 0.25) is 5.91 Å². The lowest BCUT2D eigenvalue weighted by Crippen LogP contribution is -2.53. The van der Waals surface area contributed by atoms with E-state index in [0.717, 1.165) is 5.69 Å². The number of piperazine rings is 1. The van der Waals surface area contributed by atoms with Crippen molar-refractivity contribution < 1.29 is 27.2 Å². The Bertz CT molecular complexity index is 1040. The van der Waals surface area contributed by atoms with E-state index in [1.807, 2.05) is 11.8 Å². The summed E-state index contributed by atoms with van der Waals surface area (Å²) in [6.45, 7) is 6.97. The third kappa shape index (κ3) is 6.75. The first-order chi connectivity index (χ1) is 15.9. The minimum Gasteiger partial charge on any atom is -0.337 e. The molecular formula is C24H28F4N4O2. The number of carbonyl (C=O) groups excluding carboxylic acids is 2. The molecule has 0 spiro atoms. The largest absolute Gasteiger partial charge is 0.389 e. The summed E-state index contributed by atoms with van der Waals surface area (Å²) in [5.41, 5.74) is 2.88. The Hall–Kier alpha value is -3.01. The number of nitrogens with zero attached hydrogens (tertiary/aromatic N) is 3. The number of amides is 2. The van der Waals surface area contributed by atoms with Crippen molar-refractivity contribution in [2.45, 2.75) is 52.4 Å². The molecule has 1 saturated heterocycles. The van der Waals surface area contributed by atoms with Gasteiger partial charge in [0.05, 0.1) is 12.0 Å². The number of pyridine rings is 1. The average Bonchev–Trinajstić information content (AvgIpc) is 2.75. The van der Waals surface area contributed by atoms with Crippen molar-refractivity contribution in [2.75, 3.05) is 25.0 Å². The molecule has 1 N–H and O–H groups in total. The first-order valence-electron chi connectivity index (χ1n) is 11.0. The molecule has 2 heterocycles. The van der Waals surface area contributed by atoms with Crippen molar-refractivity contribution in [3.8, 4) is 0 Å². The highest BCUT2D eigenvalue weighted by molar-refractivity contribution is 6.04. The fraction of sp³-hybridized carbons (Fsp3) is 0.458. The molecule has 0 saturated carbocycles. The Balaban J connectivity index is 1.65. The lowest BCUT2D eigenvalue weighted by atomic mass is 10.0. The normalized spacial score (nSPS) is 17.0. The summed E-state index contributed by atoms with van der Waals surface area (Å²) in [7, 11) is 0. The standard InChI is InChI=1S/C24H28F4N4O2/c1-15-4-5-18(12-29-15)23(34)30-21-11-20(25)10-19(17(21)3)14-31-8-9-32(16(2)13-31)22(33)6-7-24(26,27)28/h4-5,10-12,16H,6-9,13-14H2,1-3H3,(H,30,34). The predicted octanol–water partition coefficient (Wildman–Crippen LogP) is 4.47. The van der Waals surface area contributed by atoms with Crippen LogP contribution in [0.4, 0.5) is 23.2 Å². The van der Waals surface area contributed by atoms with Crippen LogP contribution in [0.5, 0.6) is 0 Å². The van der Waals surface area contributed by atoms with Gasteiger partial charge in [-0.15, -0.1) is 0 Å². The highest BCUT2D eigenvalue weighted by Gasteiger charge is 2.32. The lowest BCUT2D eigenvalue weighted by Gasteiger charge is -2.40. The number of alkyl halides is 3. The number of anilines is 1. The van der Waals surface area contributed by atoms with Crippen LogP contribution in [0.3, 0.4) is 0 Å². The summed E-state index contributed by atoms with van der Waals surface area (Å²) in [5.74, 6) is -1.40. The Morgan fingerprint density at radius 1 is 1.18 bits per heavy atom. The number of rotatable bonds is 6. The molecular weight excluding hydrogens is 452 g/mol.